The number of fused-ring (bicyclic) bond motifs is 1. The van der Waals surface area contributed by atoms with E-state index in [0.29, 0.717) is 0 Å². The highest BCUT2D eigenvalue weighted by Gasteiger charge is 2.11. The minimum Gasteiger partial charge on any atom is -0.305 e. The van der Waals surface area contributed by atoms with E-state index >= 15 is 0 Å². The zero-order valence-corrected chi connectivity index (χ0v) is 11.5. The Kier molecular flexibility index (Phi) is 4.53. The van der Waals surface area contributed by atoms with Crippen LogP contribution in [0.5, 0.6) is 0 Å². The van der Waals surface area contributed by atoms with E-state index in [0.717, 1.165) is 23.3 Å². The van der Waals surface area contributed by atoms with E-state index in [1.165, 1.54) is 10.5 Å². The minimum absolute atomic E-state index is 1.00. The monoisotopic (exact) mass is 331 g/mol. The van der Waals surface area contributed by atoms with Crippen LogP contribution in [0.4, 0.5) is 0 Å². The van der Waals surface area contributed by atoms with Crippen LogP contribution < -0.4 is 5.32 Å². The van der Waals surface area contributed by atoms with Gasteiger partial charge in [0.15, 0.2) is 0 Å². The van der Waals surface area contributed by atoms with Gasteiger partial charge in [0.05, 0.1) is 0 Å². The summed E-state index contributed by atoms with van der Waals surface area (Å²) in [7, 11) is 0. The predicted octanol–water partition coefficient (Wildman–Crippen LogP) is 3.24. The first kappa shape index (κ1) is 11.5. The summed E-state index contributed by atoms with van der Waals surface area (Å²) in [6.07, 6.45) is 3.47. The molecule has 0 unspecified atom stereocenters. The Morgan fingerprint density at radius 3 is 3.13 bits per heavy atom. The number of hydrogen-bond donors (Lipinski definition) is 1. The summed E-state index contributed by atoms with van der Waals surface area (Å²) in [5.74, 6) is 1.15. The highest BCUT2D eigenvalue weighted by Crippen LogP contribution is 2.31. The maximum absolute atomic E-state index is 3.32. The molecule has 0 atom stereocenters. The van der Waals surface area contributed by atoms with Crippen LogP contribution in [0.2, 0.25) is 0 Å². The van der Waals surface area contributed by atoms with Gasteiger partial charge in [-0.05, 0) is 18.1 Å². The van der Waals surface area contributed by atoms with Crippen molar-refractivity contribution in [3.63, 3.8) is 0 Å². The van der Waals surface area contributed by atoms with Gasteiger partial charge < -0.3 is 5.32 Å². The van der Waals surface area contributed by atoms with E-state index in [-0.39, 0.29) is 0 Å². The van der Waals surface area contributed by atoms with Crippen molar-refractivity contribution >= 4 is 34.4 Å². The smallest absolute Gasteiger partial charge is 0.0482 e. The number of thioether (sulfide) groups is 1. The number of halogens is 1. The van der Waals surface area contributed by atoms with Crippen molar-refractivity contribution < 1.29 is 0 Å². The van der Waals surface area contributed by atoms with Crippen LogP contribution >= 0.6 is 34.4 Å². The summed E-state index contributed by atoms with van der Waals surface area (Å²) < 4.78 is 1.02. The van der Waals surface area contributed by atoms with Crippen molar-refractivity contribution in [2.45, 2.75) is 11.3 Å². The van der Waals surface area contributed by atoms with Gasteiger partial charge in [-0.3, -0.25) is 0 Å². The number of nitrogens with one attached hydrogen (secondary N) is 1. The standard InChI is InChI=1S/C12H14INS/c13-9-14-6-5-10-7-11-3-1-2-4-12(11)15-8-10/h1-5,14H,6-9H2. The van der Waals surface area contributed by atoms with Crippen LogP contribution in [-0.2, 0) is 6.42 Å². The number of hydrogen-bond acceptors (Lipinski definition) is 2. The second kappa shape index (κ2) is 5.92. The van der Waals surface area contributed by atoms with Crippen LogP contribution in [0.1, 0.15) is 5.56 Å². The molecular formula is C12H14INS. The largest absolute Gasteiger partial charge is 0.305 e. The fourth-order valence-corrected chi connectivity index (χ4v) is 3.03. The van der Waals surface area contributed by atoms with Gasteiger partial charge in [-0.25, -0.2) is 0 Å². The van der Waals surface area contributed by atoms with Crippen molar-refractivity contribution in [1.29, 1.82) is 0 Å². The number of alkyl halides is 1. The lowest BCUT2D eigenvalue weighted by molar-refractivity contribution is 0.893. The van der Waals surface area contributed by atoms with E-state index < -0.39 is 0 Å². The Bertz CT molecular complexity index is 362. The van der Waals surface area contributed by atoms with Gasteiger partial charge in [-0.1, -0.05) is 52.4 Å². The van der Waals surface area contributed by atoms with E-state index in [1.807, 2.05) is 11.8 Å². The Balaban J connectivity index is 2.02. The Hall–Kier alpha value is -0.000000000000000111. The molecule has 0 aliphatic carbocycles. The number of rotatable bonds is 3. The molecule has 1 aromatic carbocycles. The molecule has 1 aliphatic rings. The summed E-state index contributed by atoms with van der Waals surface area (Å²) >= 11 is 4.29. The first-order chi connectivity index (χ1) is 7.40. The van der Waals surface area contributed by atoms with Crippen LogP contribution in [0.15, 0.2) is 40.8 Å². The van der Waals surface area contributed by atoms with E-state index in [9.17, 15) is 0 Å². The SMILES string of the molecule is ICNCC=C1CSc2ccccc2C1. The topological polar surface area (TPSA) is 12.0 Å². The maximum Gasteiger partial charge on any atom is 0.0482 e. The minimum atomic E-state index is 1.00. The Labute approximate surface area is 109 Å². The van der Waals surface area contributed by atoms with E-state index in [2.05, 4.69) is 58.2 Å². The zero-order valence-electron chi connectivity index (χ0n) is 8.50. The molecule has 1 nitrogen and oxygen atoms in total. The quantitative estimate of drug-likeness (QED) is 0.300. The average molecular weight is 331 g/mol. The molecule has 0 fully saturated rings. The lowest BCUT2D eigenvalue weighted by Gasteiger charge is -2.17. The van der Waals surface area contributed by atoms with Gasteiger partial charge in [-0.2, -0.15) is 0 Å². The Morgan fingerprint density at radius 2 is 2.27 bits per heavy atom. The van der Waals surface area contributed by atoms with Crippen LogP contribution in [0.3, 0.4) is 0 Å². The van der Waals surface area contributed by atoms with Crippen molar-refractivity contribution in [3.05, 3.63) is 41.5 Å². The Morgan fingerprint density at radius 1 is 1.40 bits per heavy atom. The van der Waals surface area contributed by atoms with Crippen molar-refractivity contribution in [3.8, 4) is 0 Å². The third-order valence-corrected chi connectivity index (χ3v) is 4.20. The highest BCUT2D eigenvalue weighted by atomic mass is 127. The van der Waals surface area contributed by atoms with E-state index in [4.69, 9.17) is 0 Å². The molecule has 0 saturated heterocycles. The lowest BCUT2D eigenvalue weighted by atomic mass is 10.1. The highest BCUT2D eigenvalue weighted by molar-refractivity contribution is 14.1. The fraction of sp³-hybridized carbons (Fsp3) is 0.333. The molecule has 2 rings (SSSR count). The van der Waals surface area contributed by atoms with Gasteiger partial charge in [-0.15, -0.1) is 11.8 Å². The van der Waals surface area contributed by atoms with E-state index in [1.54, 1.807) is 5.57 Å². The van der Waals surface area contributed by atoms with Crippen LogP contribution in [-0.4, -0.2) is 16.8 Å². The average Bonchev–Trinajstić information content (AvgIpc) is 2.29. The number of benzene rings is 1. The molecule has 0 amide bonds. The van der Waals surface area contributed by atoms with Crippen LogP contribution in [0, 0.1) is 0 Å². The first-order valence-corrected chi connectivity index (χ1v) is 7.56. The van der Waals surface area contributed by atoms with Gasteiger partial charge in [0.25, 0.3) is 0 Å². The van der Waals surface area contributed by atoms with Gasteiger partial charge >= 0.3 is 0 Å². The van der Waals surface area contributed by atoms with Crippen LogP contribution in [0.25, 0.3) is 0 Å². The molecule has 0 saturated carbocycles. The predicted molar refractivity (Wildman–Crippen MR) is 75.8 cm³/mol. The summed E-state index contributed by atoms with van der Waals surface area (Å²) in [4.78, 5) is 1.46. The summed E-state index contributed by atoms with van der Waals surface area (Å²) in [5.41, 5.74) is 3.03. The lowest BCUT2D eigenvalue weighted by Crippen LogP contribution is -2.12. The molecule has 80 valence electrons. The van der Waals surface area contributed by atoms with Gasteiger partial charge in [0, 0.05) is 21.7 Å². The molecule has 1 N–H and O–H groups in total. The van der Waals surface area contributed by atoms with Gasteiger partial charge in [0.2, 0.25) is 0 Å². The summed E-state index contributed by atoms with van der Waals surface area (Å²) in [6.45, 7) is 1.00. The summed E-state index contributed by atoms with van der Waals surface area (Å²) in [6, 6.07) is 8.71. The van der Waals surface area contributed by atoms with Crippen molar-refractivity contribution in [2.75, 3.05) is 16.8 Å². The molecule has 0 radical (unpaired) electrons. The molecule has 1 aliphatic heterocycles. The van der Waals surface area contributed by atoms with Crippen molar-refractivity contribution in [1.82, 2.24) is 5.32 Å². The first-order valence-electron chi connectivity index (χ1n) is 5.05. The molecule has 1 heterocycles. The zero-order chi connectivity index (χ0) is 10.5. The molecule has 1 aromatic rings. The molecule has 3 heteroatoms. The van der Waals surface area contributed by atoms with Crippen molar-refractivity contribution in [2.24, 2.45) is 0 Å². The molecule has 15 heavy (non-hydrogen) atoms. The second-order valence-electron chi connectivity index (χ2n) is 3.52. The van der Waals surface area contributed by atoms with Gasteiger partial charge in [0.1, 0.15) is 0 Å². The maximum atomic E-state index is 3.32. The molecule has 0 aromatic heterocycles. The normalized spacial score (nSPS) is 17.8. The third-order valence-electron chi connectivity index (χ3n) is 2.43. The molecular weight excluding hydrogens is 317 g/mol. The molecule has 0 spiro atoms. The second-order valence-corrected chi connectivity index (χ2v) is 5.30. The summed E-state index contributed by atoms with van der Waals surface area (Å²) in [5, 5.41) is 3.32. The molecule has 0 bridgehead atoms. The third kappa shape index (κ3) is 3.23. The fourth-order valence-electron chi connectivity index (χ4n) is 1.66.